The average Bonchev–Trinajstić information content (AvgIpc) is 2.79. The number of hydrogen-bond donors (Lipinski definition) is 0. The van der Waals surface area contributed by atoms with E-state index >= 15 is 0 Å². The van der Waals surface area contributed by atoms with Crippen molar-refractivity contribution in [2.24, 2.45) is 7.05 Å². The predicted octanol–water partition coefficient (Wildman–Crippen LogP) is 3.36. The number of aryl methyl sites for hydroxylation is 2. The molecule has 0 bridgehead atoms. The van der Waals surface area contributed by atoms with Gasteiger partial charge < -0.3 is 4.74 Å². The number of benzene rings is 1. The predicted molar refractivity (Wildman–Crippen MR) is 73.4 cm³/mol. The van der Waals surface area contributed by atoms with Gasteiger partial charge >= 0.3 is 0 Å². The van der Waals surface area contributed by atoms with Crippen LogP contribution in [0.3, 0.4) is 0 Å². The molecular formula is C15H20N2O. The number of aromatic nitrogens is 2. The molecule has 0 aliphatic heterocycles. The van der Waals surface area contributed by atoms with E-state index in [9.17, 15) is 0 Å². The molecule has 0 spiro atoms. The maximum absolute atomic E-state index is 5.31. The van der Waals surface area contributed by atoms with Crippen LogP contribution >= 0.6 is 0 Å². The summed E-state index contributed by atoms with van der Waals surface area (Å²) >= 11 is 0. The molecule has 0 saturated heterocycles. The Kier molecular flexibility index (Phi) is 3.82. The van der Waals surface area contributed by atoms with Crippen LogP contribution in [0.15, 0.2) is 30.5 Å². The minimum atomic E-state index is 0.138. The molecule has 96 valence electrons. The molecule has 2 aromatic rings. The van der Waals surface area contributed by atoms with Gasteiger partial charge in [0.2, 0.25) is 0 Å². The van der Waals surface area contributed by atoms with Crippen molar-refractivity contribution in [1.29, 1.82) is 0 Å². The van der Waals surface area contributed by atoms with Crippen molar-refractivity contribution in [2.45, 2.75) is 26.4 Å². The highest BCUT2D eigenvalue weighted by atomic mass is 16.5. The Morgan fingerprint density at radius 2 is 1.94 bits per heavy atom. The summed E-state index contributed by atoms with van der Waals surface area (Å²) in [6, 6.07) is 8.52. The number of rotatable bonds is 4. The van der Waals surface area contributed by atoms with Crippen LogP contribution in [-0.4, -0.2) is 16.9 Å². The van der Waals surface area contributed by atoms with Crippen LogP contribution in [0.5, 0.6) is 0 Å². The summed E-state index contributed by atoms with van der Waals surface area (Å²) < 4.78 is 7.19. The lowest BCUT2D eigenvalue weighted by Crippen LogP contribution is -1.95. The normalized spacial score (nSPS) is 12.7. The van der Waals surface area contributed by atoms with Crippen LogP contribution in [0.2, 0.25) is 0 Å². The van der Waals surface area contributed by atoms with Crippen molar-refractivity contribution in [1.82, 2.24) is 9.78 Å². The van der Waals surface area contributed by atoms with Crippen LogP contribution in [0.1, 0.15) is 31.2 Å². The zero-order chi connectivity index (χ0) is 13.1. The SMILES string of the molecule is CCc1nn(C)cc1-c1ccc(C(C)OC)cc1. The topological polar surface area (TPSA) is 27.1 Å². The first kappa shape index (κ1) is 12.8. The molecule has 0 N–H and O–H groups in total. The highest BCUT2D eigenvalue weighted by Gasteiger charge is 2.09. The van der Waals surface area contributed by atoms with Crippen LogP contribution in [0, 0.1) is 0 Å². The Morgan fingerprint density at radius 1 is 1.28 bits per heavy atom. The van der Waals surface area contributed by atoms with E-state index < -0.39 is 0 Å². The summed E-state index contributed by atoms with van der Waals surface area (Å²) in [5.74, 6) is 0. The summed E-state index contributed by atoms with van der Waals surface area (Å²) in [7, 11) is 3.69. The van der Waals surface area contributed by atoms with Gasteiger partial charge in [-0.05, 0) is 24.5 Å². The number of ether oxygens (including phenoxy) is 1. The van der Waals surface area contributed by atoms with Crippen molar-refractivity contribution in [2.75, 3.05) is 7.11 Å². The third-order valence-corrected chi connectivity index (χ3v) is 3.28. The summed E-state index contributed by atoms with van der Waals surface area (Å²) in [5.41, 5.74) is 4.77. The molecule has 1 heterocycles. The first-order valence-electron chi connectivity index (χ1n) is 6.31. The number of methoxy groups -OCH3 is 1. The van der Waals surface area contributed by atoms with Crippen molar-refractivity contribution >= 4 is 0 Å². The molecule has 1 aromatic carbocycles. The summed E-state index contributed by atoms with van der Waals surface area (Å²) in [6.07, 6.45) is 3.17. The van der Waals surface area contributed by atoms with Crippen molar-refractivity contribution in [3.05, 3.63) is 41.7 Å². The fraction of sp³-hybridized carbons (Fsp3) is 0.400. The Hall–Kier alpha value is -1.61. The van der Waals surface area contributed by atoms with E-state index in [1.165, 1.54) is 16.7 Å². The van der Waals surface area contributed by atoms with Crippen molar-refractivity contribution in [3.8, 4) is 11.1 Å². The summed E-state index contributed by atoms with van der Waals surface area (Å²) in [6.45, 7) is 4.18. The molecule has 0 aliphatic rings. The van der Waals surface area contributed by atoms with E-state index in [4.69, 9.17) is 4.74 Å². The van der Waals surface area contributed by atoms with Crippen LogP contribution in [0.4, 0.5) is 0 Å². The fourth-order valence-corrected chi connectivity index (χ4v) is 2.11. The third kappa shape index (κ3) is 2.46. The highest BCUT2D eigenvalue weighted by Crippen LogP contribution is 2.25. The average molecular weight is 244 g/mol. The smallest absolute Gasteiger partial charge is 0.0793 e. The Morgan fingerprint density at radius 3 is 2.50 bits per heavy atom. The highest BCUT2D eigenvalue weighted by molar-refractivity contribution is 5.65. The van der Waals surface area contributed by atoms with Crippen LogP contribution in [0.25, 0.3) is 11.1 Å². The zero-order valence-corrected chi connectivity index (χ0v) is 11.5. The molecule has 0 aliphatic carbocycles. The summed E-state index contributed by atoms with van der Waals surface area (Å²) in [5, 5.41) is 4.47. The van der Waals surface area contributed by atoms with Gasteiger partial charge in [-0.15, -0.1) is 0 Å². The molecule has 0 radical (unpaired) electrons. The van der Waals surface area contributed by atoms with Crippen molar-refractivity contribution in [3.63, 3.8) is 0 Å². The second-order valence-electron chi connectivity index (χ2n) is 4.52. The van der Waals surface area contributed by atoms with Crippen LogP contribution in [-0.2, 0) is 18.2 Å². The Bertz CT molecular complexity index is 514. The molecule has 0 saturated carbocycles. The van der Waals surface area contributed by atoms with E-state index in [1.807, 2.05) is 11.7 Å². The van der Waals surface area contributed by atoms with E-state index in [2.05, 4.69) is 49.4 Å². The summed E-state index contributed by atoms with van der Waals surface area (Å²) in [4.78, 5) is 0. The van der Waals surface area contributed by atoms with E-state index in [1.54, 1.807) is 7.11 Å². The molecule has 1 atom stereocenters. The Balaban J connectivity index is 2.34. The molecule has 3 nitrogen and oxygen atoms in total. The zero-order valence-electron chi connectivity index (χ0n) is 11.5. The van der Waals surface area contributed by atoms with Gasteiger partial charge in [0.15, 0.2) is 0 Å². The quantitative estimate of drug-likeness (QED) is 0.824. The number of nitrogens with zero attached hydrogens (tertiary/aromatic N) is 2. The lowest BCUT2D eigenvalue weighted by molar-refractivity contribution is 0.119. The second-order valence-corrected chi connectivity index (χ2v) is 4.52. The van der Waals surface area contributed by atoms with Gasteiger partial charge in [0, 0.05) is 25.9 Å². The van der Waals surface area contributed by atoms with E-state index in [-0.39, 0.29) is 6.10 Å². The second kappa shape index (κ2) is 5.36. The molecule has 1 aromatic heterocycles. The minimum Gasteiger partial charge on any atom is -0.377 e. The van der Waals surface area contributed by atoms with Gasteiger partial charge in [-0.3, -0.25) is 4.68 Å². The van der Waals surface area contributed by atoms with Gasteiger partial charge in [-0.2, -0.15) is 5.10 Å². The Labute approximate surface area is 108 Å². The maximum Gasteiger partial charge on any atom is 0.0793 e. The standard InChI is InChI=1S/C15H20N2O/c1-5-15-14(10-17(3)16-15)13-8-6-12(7-9-13)11(2)18-4/h6-11H,5H2,1-4H3. The van der Waals surface area contributed by atoms with E-state index in [0.717, 1.165) is 12.1 Å². The molecule has 1 unspecified atom stereocenters. The van der Waals surface area contributed by atoms with E-state index in [0.29, 0.717) is 0 Å². The van der Waals surface area contributed by atoms with Gasteiger partial charge in [0.05, 0.1) is 11.8 Å². The van der Waals surface area contributed by atoms with Gasteiger partial charge in [-0.1, -0.05) is 31.2 Å². The first-order chi connectivity index (χ1) is 8.65. The lowest BCUT2D eigenvalue weighted by Gasteiger charge is -2.10. The fourth-order valence-electron chi connectivity index (χ4n) is 2.11. The molecule has 18 heavy (non-hydrogen) atoms. The monoisotopic (exact) mass is 244 g/mol. The lowest BCUT2D eigenvalue weighted by atomic mass is 10.0. The van der Waals surface area contributed by atoms with Gasteiger partial charge in [0.1, 0.15) is 0 Å². The third-order valence-electron chi connectivity index (χ3n) is 3.28. The molecule has 3 heteroatoms. The molecule has 2 rings (SSSR count). The van der Waals surface area contributed by atoms with Crippen LogP contribution < -0.4 is 0 Å². The largest absolute Gasteiger partial charge is 0.377 e. The first-order valence-corrected chi connectivity index (χ1v) is 6.31. The molecular weight excluding hydrogens is 224 g/mol. The van der Waals surface area contributed by atoms with Crippen molar-refractivity contribution < 1.29 is 4.74 Å². The maximum atomic E-state index is 5.31. The number of hydrogen-bond acceptors (Lipinski definition) is 2. The molecule has 0 amide bonds. The van der Waals surface area contributed by atoms with Gasteiger partial charge in [0.25, 0.3) is 0 Å². The minimum absolute atomic E-state index is 0.138. The van der Waals surface area contributed by atoms with Gasteiger partial charge in [-0.25, -0.2) is 0 Å². The molecule has 0 fully saturated rings.